The van der Waals surface area contributed by atoms with Crippen LogP contribution >= 0.6 is 0 Å². The summed E-state index contributed by atoms with van der Waals surface area (Å²) in [6.45, 7) is 4.65. The van der Waals surface area contributed by atoms with Crippen molar-refractivity contribution in [2.45, 2.75) is 32.4 Å². The Balaban J connectivity index is 1.85. The second-order valence-electron chi connectivity index (χ2n) is 5.86. The highest BCUT2D eigenvalue weighted by Crippen LogP contribution is 2.10. The van der Waals surface area contributed by atoms with E-state index in [1.165, 1.54) is 0 Å². The van der Waals surface area contributed by atoms with E-state index in [-0.39, 0.29) is 5.91 Å². The fourth-order valence-corrected chi connectivity index (χ4v) is 2.66. The molecule has 1 saturated heterocycles. The van der Waals surface area contributed by atoms with E-state index >= 15 is 0 Å². The monoisotopic (exact) mass is 294 g/mol. The fraction of sp³-hybridized carbons (Fsp3) is 0.786. The molecule has 2 rings (SSSR count). The maximum absolute atomic E-state index is 12.4. The molecule has 2 heterocycles. The molecule has 7 nitrogen and oxygen atoms in total. The highest BCUT2D eigenvalue weighted by molar-refractivity contribution is 5.78. The van der Waals surface area contributed by atoms with E-state index in [0.29, 0.717) is 19.1 Å². The molecule has 1 N–H and O–H groups in total. The first-order valence-electron chi connectivity index (χ1n) is 7.49. The minimum absolute atomic E-state index is 0.191. The standard InChI is InChI=1S/C14H26N6O/c1-11-16-17-13(19(11)4)9-18(3)10-14(21)20-7-5-6-12(8-20)15-2/h12,15H,5-10H2,1-4H3. The first-order valence-corrected chi connectivity index (χ1v) is 7.49. The van der Waals surface area contributed by atoms with Crippen LogP contribution in [-0.4, -0.2) is 70.2 Å². The van der Waals surface area contributed by atoms with Crippen LogP contribution in [0.3, 0.4) is 0 Å². The van der Waals surface area contributed by atoms with Crippen molar-refractivity contribution in [1.82, 2.24) is 29.9 Å². The van der Waals surface area contributed by atoms with Crippen molar-refractivity contribution in [1.29, 1.82) is 0 Å². The number of nitrogens with one attached hydrogen (secondary N) is 1. The van der Waals surface area contributed by atoms with Gasteiger partial charge in [-0.1, -0.05) is 0 Å². The van der Waals surface area contributed by atoms with Gasteiger partial charge in [0, 0.05) is 26.2 Å². The average Bonchev–Trinajstić information content (AvgIpc) is 2.79. The molecule has 1 aliphatic rings. The summed E-state index contributed by atoms with van der Waals surface area (Å²) >= 11 is 0. The van der Waals surface area contributed by atoms with Crippen LogP contribution in [0.25, 0.3) is 0 Å². The van der Waals surface area contributed by atoms with E-state index in [4.69, 9.17) is 0 Å². The topological polar surface area (TPSA) is 66.3 Å². The van der Waals surface area contributed by atoms with Gasteiger partial charge in [0.1, 0.15) is 11.6 Å². The molecule has 0 aromatic carbocycles. The fourth-order valence-electron chi connectivity index (χ4n) is 2.66. The van der Waals surface area contributed by atoms with Crippen LogP contribution in [0.2, 0.25) is 0 Å². The number of carbonyl (C=O) groups excluding carboxylic acids is 1. The summed E-state index contributed by atoms with van der Waals surface area (Å²) < 4.78 is 1.96. The molecule has 0 radical (unpaired) electrons. The summed E-state index contributed by atoms with van der Waals surface area (Å²) in [5, 5.41) is 11.4. The lowest BCUT2D eigenvalue weighted by Gasteiger charge is -2.33. The minimum Gasteiger partial charge on any atom is -0.340 e. The maximum Gasteiger partial charge on any atom is 0.236 e. The van der Waals surface area contributed by atoms with Gasteiger partial charge in [0.2, 0.25) is 5.91 Å². The second kappa shape index (κ2) is 7.00. The molecule has 1 aromatic heterocycles. The number of hydrogen-bond acceptors (Lipinski definition) is 5. The quantitative estimate of drug-likeness (QED) is 0.812. The van der Waals surface area contributed by atoms with E-state index in [2.05, 4.69) is 15.5 Å². The molecule has 1 amide bonds. The molecule has 1 atom stereocenters. The molecule has 0 aliphatic carbocycles. The molecular formula is C14H26N6O. The van der Waals surface area contributed by atoms with Crippen molar-refractivity contribution in [3.8, 4) is 0 Å². The highest BCUT2D eigenvalue weighted by Gasteiger charge is 2.23. The predicted molar refractivity (Wildman–Crippen MR) is 80.7 cm³/mol. The molecule has 0 spiro atoms. The lowest BCUT2D eigenvalue weighted by molar-refractivity contribution is -0.133. The first kappa shape index (κ1) is 15.9. The van der Waals surface area contributed by atoms with Crippen LogP contribution in [0.1, 0.15) is 24.5 Å². The summed E-state index contributed by atoms with van der Waals surface area (Å²) in [5.41, 5.74) is 0. The van der Waals surface area contributed by atoms with Crippen molar-refractivity contribution in [2.24, 2.45) is 7.05 Å². The molecule has 118 valence electrons. The summed E-state index contributed by atoms with van der Waals surface area (Å²) in [5.74, 6) is 1.96. The Morgan fingerprint density at radius 1 is 1.48 bits per heavy atom. The number of aromatic nitrogens is 3. The van der Waals surface area contributed by atoms with E-state index < -0.39 is 0 Å². The number of likely N-dealkylation sites (N-methyl/N-ethyl adjacent to an activating group) is 2. The van der Waals surface area contributed by atoms with Gasteiger partial charge in [-0.25, -0.2) is 0 Å². The summed E-state index contributed by atoms with van der Waals surface area (Å²) in [6, 6.07) is 0.425. The zero-order valence-electron chi connectivity index (χ0n) is 13.5. The summed E-state index contributed by atoms with van der Waals surface area (Å²) in [6.07, 6.45) is 2.22. The Kier molecular flexibility index (Phi) is 5.30. The Hall–Kier alpha value is -1.47. The third kappa shape index (κ3) is 4.01. The molecule has 21 heavy (non-hydrogen) atoms. The van der Waals surface area contributed by atoms with Gasteiger partial charge in [-0.15, -0.1) is 10.2 Å². The minimum atomic E-state index is 0.191. The maximum atomic E-state index is 12.4. The Morgan fingerprint density at radius 3 is 2.86 bits per heavy atom. The van der Waals surface area contributed by atoms with Gasteiger partial charge >= 0.3 is 0 Å². The normalized spacial score (nSPS) is 19.3. The Labute approximate surface area is 126 Å². The van der Waals surface area contributed by atoms with E-state index in [0.717, 1.165) is 37.6 Å². The van der Waals surface area contributed by atoms with Gasteiger partial charge < -0.3 is 14.8 Å². The zero-order valence-corrected chi connectivity index (χ0v) is 13.5. The molecular weight excluding hydrogens is 268 g/mol. The van der Waals surface area contributed by atoms with Gasteiger partial charge in [0.05, 0.1) is 13.1 Å². The molecule has 1 aliphatic heterocycles. The zero-order chi connectivity index (χ0) is 15.4. The van der Waals surface area contributed by atoms with Gasteiger partial charge in [-0.3, -0.25) is 9.69 Å². The van der Waals surface area contributed by atoms with Crippen LogP contribution in [0.15, 0.2) is 0 Å². The van der Waals surface area contributed by atoms with Gasteiger partial charge in [-0.2, -0.15) is 0 Å². The third-order valence-electron chi connectivity index (χ3n) is 4.18. The number of hydrogen-bond donors (Lipinski definition) is 1. The van der Waals surface area contributed by atoms with Crippen molar-refractivity contribution >= 4 is 5.91 Å². The molecule has 1 aromatic rings. The number of piperidine rings is 1. The number of carbonyl (C=O) groups is 1. The van der Waals surface area contributed by atoms with E-state index in [1.54, 1.807) is 0 Å². The molecule has 7 heteroatoms. The lowest BCUT2D eigenvalue weighted by atomic mass is 10.1. The van der Waals surface area contributed by atoms with E-state index in [9.17, 15) is 4.79 Å². The van der Waals surface area contributed by atoms with Gasteiger partial charge in [0.15, 0.2) is 0 Å². The van der Waals surface area contributed by atoms with Crippen molar-refractivity contribution < 1.29 is 4.79 Å². The third-order valence-corrected chi connectivity index (χ3v) is 4.18. The van der Waals surface area contributed by atoms with Crippen LogP contribution in [0, 0.1) is 6.92 Å². The number of rotatable bonds is 5. The van der Waals surface area contributed by atoms with Crippen LogP contribution in [0.5, 0.6) is 0 Å². The highest BCUT2D eigenvalue weighted by atomic mass is 16.2. The SMILES string of the molecule is CNC1CCCN(C(=O)CN(C)Cc2nnc(C)n2C)C1. The van der Waals surface area contributed by atoms with Crippen LogP contribution in [0.4, 0.5) is 0 Å². The van der Waals surface area contributed by atoms with Crippen molar-refractivity contribution in [2.75, 3.05) is 33.7 Å². The van der Waals surface area contributed by atoms with Crippen molar-refractivity contribution in [3.05, 3.63) is 11.6 Å². The molecule has 0 bridgehead atoms. The molecule has 1 fully saturated rings. The summed E-state index contributed by atoms with van der Waals surface area (Å²) in [7, 11) is 5.85. The van der Waals surface area contributed by atoms with E-state index in [1.807, 2.05) is 42.4 Å². The van der Waals surface area contributed by atoms with Gasteiger partial charge in [0.25, 0.3) is 0 Å². The Morgan fingerprint density at radius 2 is 2.24 bits per heavy atom. The van der Waals surface area contributed by atoms with Crippen molar-refractivity contribution in [3.63, 3.8) is 0 Å². The first-order chi connectivity index (χ1) is 10.0. The average molecular weight is 294 g/mol. The molecule has 1 unspecified atom stereocenters. The predicted octanol–water partition coefficient (Wildman–Crippen LogP) is -0.234. The second-order valence-corrected chi connectivity index (χ2v) is 5.86. The van der Waals surface area contributed by atoms with Crippen LogP contribution < -0.4 is 5.32 Å². The number of amides is 1. The lowest BCUT2D eigenvalue weighted by Crippen LogP contribution is -2.49. The number of nitrogens with zero attached hydrogens (tertiary/aromatic N) is 5. The number of aryl methyl sites for hydroxylation is 1. The molecule has 0 saturated carbocycles. The number of likely N-dealkylation sites (tertiary alicyclic amines) is 1. The largest absolute Gasteiger partial charge is 0.340 e. The Bertz CT molecular complexity index is 486. The summed E-state index contributed by atoms with van der Waals surface area (Å²) in [4.78, 5) is 16.3. The smallest absolute Gasteiger partial charge is 0.236 e. The van der Waals surface area contributed by atoms with Crippen LogP contribution in [-0.2, 0) is 18.4 Å². The van der Waals surface area contributed by atoms with Gasteiger partial charge in [-0.05, 0) is 33.9 Å².